The second-order valence-electron chi connectivity index (χ2n) is 5.26. The lowest BCUT2D eigenvalue weighted by molar-refractivity contribution is 0.376. The molecular formula is C15H19N3S. The van der Waals surface area contributed by atoms with Crippen LogP contribution in [0.25, 0.3) is 10.7 Å². The van der Waals surface area contributed by atoms with E-state index in [4.69, 9.17) is 0 Å². The quantitative estimate of drug-likeness (QED) is 0.934. The largest absolute Gasteiger partial charge is 0.316 e. The first-order valence-electron chi connectivity index (χ1n) is 6.89. The van der Waals surface area contributed by atoms with Gasteiger partial charge in [-0.25, -0.2) is 4.98 Å². The average molecular weight is 273 g/mol. The summed E-state index contributed by atoms with van der Waals surface area (Å²) in [5.41, 5.74) is 3.47. The lowest BCUT2D eigenvalue weighted by Gasteiger charge is -2.22. The minimum absolute atomic E-state index is 0.766. The van der Waals surface area contributed by atoms with Crippen LogP contribution in [0.15, 0.2) is 23.7 Å². The highest BCUT2D eigenvalue weighted by Gasteiger charge is 2.14. The van der Waals surface area contributed by atoms with Gasteiger partial charge in [-0.05, 0) is 62.9 Å². The Morgan fingerprint density at radius 1 is 1.47 bits per heavy atom. The molecular weight excluding hydrogens is 254 g/mol. The summed E-state index contributed by atoms with van der Waals surface area (Å²) in [5, 5.41) is 6.59. The van der Waals surface area contributed by atoms with Crippen molar-refractivity contribution >= 4 is 11.3 Å². The van der Waals surface area contributed by atoms with Crippen molar-refractivity contribution in [2.24, 2.45) is 5.92 Å². The van der Waals surface area contributed by atoms with Crippen molar-refractivity contribution in [1.82, 2.24) is 15.3 Å². The SMILES string of the molecule is Cc1csc(-c2cc(C[C@@H]3CCCNC3)ccn2)n1. The Kier molecular flexibility index (Phi) is 3.89. The molecule has 0 amide bonds. The zero-order valence-corrected chi connectivity index (χ0v) is 12.0. The van der Waals surface area contributed by atoms with Gasteiger partial charge in [-0.15, -0.1) is 11.3 Å². The van der Waals surface area contributed by atoms with E-state index in [9.17, 15) is 0 Å². The predicted molar refractivity (Wildman–Crippen MR) is 79.4 cm³/mol. The molecule has 4 heteroatoms. The standard InChI is InChI=1S/C15H19N3S/c1-11-10-19-15(18-11)14-8-12(4-6-17-14)7-13-3-2-5-16-9-13/h4,6,8,10,13,16H,2-3,5,7,9H2,1H3/t13-/m0/s1. The van der Waals surface area contributed by atoms with E-state index in [2.05, 4.69) is 32.8 Å². The Morgan fingerprint density at radius 2 is 2.42 bits per heavy atom. The Bertz CT molecular complexity index is 544. The van der Waals surface area contributed by atoms with Crippen LogP contribution in [-0.2, 0) is 6.42 Å². The van der Waals surface area contributed by atoms with Gasteiger partial charge in [0.25, 0.3) is 0 Å². The molecule has 2 aromatic heterocycles. The molecule has 19 heavy (non-hydrogen) atoms. The van der Waals surface area contributed by atoms with E-state index in [0.717, 1.165) is 35.3 Å². The lowest BCUT2D eigenvalue weighted by Crippen LogP contribution is -2.30. The smallest absolute Gasteiger partial charge is 0.142 e. The first-order valence-corrected chi connectivity index (χ1v) is 7.77. The van der Waals surface area contributed by atoms with Crippen molar-refractivity contribution in [3.8, 4) is 10.7 Å². The number of pyridine rings is 1. The fraction of sp³-hybridized carbons (Fsp3) is 0.467. The Labute approximate surface area is 118 Å². The molecule has 1 saturated heterocycles. The van der Waals surface area contributed by atoms with Crippen LogP contribution in [-0.4, -0.2) is 23.1 Å². The van der Waals surface area contributed by atoms with Crippen molar-refractivity contribution in [3.63, 3.8) is 0 Å². The van der Waals surface area contributed by atoms with Gasteiger partial charge in [0.1, 0.15) is 5.01 Å². The molecule has 1 aliphatic rings. The summed E-state index contributed by atoms with van der Waals surface area (Å²) in [6.07, 6.45) is 5.69. The van der Waals surface area contributed by atoms with E-state index < -0.39 is 0 Å². The summed E-state index contributed by atoms with van der Waals surface area (Å²) < 4.78 is 0. The Hall–Kier alpha value is -1.26. The van der Waals surface area contributed by atoms with Crippen LogP contribution in [0, 0.1) is 12.8 Å². The number of rotatable bonds is 3. The van der Waals surface area contributed by atoms with Crippen LogP contribution in [0.3, 0.4) is 0 Å². The van der Waals surface area contributed by atoms with Crippen LogP contribution < -0.4 is 5.32 Å². The molecule has 3 heterocycles. The number of nitrogens with one attached hydrogen (secondary N) is 1. The molecule has 3 rings (SSSR count). The normalized spacial score (nSPS) is 19.5. The molecule has 0 radical (unpaired) electrons. The molecule has 3 nitrogen and oxygen atoms in total. The van der Waals surface area contributed by atoms with Gasteiger partial charge in [-0.3, -0.25) is 4.98 Å². The molecule has 1 atom stereocenters. The Morgan fingerprint density at radius 3 is 3.16 bits per heavy atom. The molecule has 0 saturated carbocycles. The third-order valence-electron chi connectivity index (χ3n) is 3.59. The molecule has 100 valence electrons. The van der Waals surface area contributed by atoms with Crippen LogP contribution in [0.1, 0.15) is 24.1 Å². The first-order chi connectivity index (χ1) is 9.31. The number of piperidine rings is 1. The van der Waals surface area contributed by atoms with Gasteiger partial charge in [0.05, 0.1) is 5.69 Å². The third-order valence-corrected chi connectivity index (χ3v) is 4.57. The van der Waals surface area contributed by atoms with Crippen molar-refractivity contribution in [3.05, 3.63) is 35.0 Å². The van der Waals surface area contributed by atoms with E-state index in [0.29, 0.717) is 0 Å². The minimum atomic E-state index is 0.766. The van der Waals surface area contributed by atoms with Gasteiger partial charge in [0, 0.05) is 17.3 Å². The summed E-state index contributed by atoms with van der Waals surface area (Å²) in [4.78, 5) is 8.96. The minimum Gasteiger partial charge on any atom is -0.316 e. The molecule has 0 aliphatic carbocycles. The predicted octanol–water partition coefficient (Wildman–Crippen LogP) is 3.06. The number of aromatic nitrogens is 2. The fourth-order valence-corrected chi connectivity index (χ4v) is 3.39. The van der Waals surface area contributed by atoms with Crippen molar-refractivity contribution < 1.29 is 0 Å². The highest BCUT2D eigenvalue weighted by Crippen LogP contribution is 2.24. The van der Waals surface area contributed by atoms with Gasteiger partial charge >= 0.3 is 0 Å². The molecule has 0 bridgehead atoms. The van der Waals surface area contributed by atoms with Crippen molar-refractivity contribution in [1.29, 1.82) is 0 Å². The van der Waals surface area contributed by atoms with Crippen molar-refractivity contribution in [2.45, 2.75) is 26.2 Å². The number of hydrogen-bond donors (Lipinski definition) is 1. The summed E-state index contributed by atoms with van der Waals surface area (Å²) in [6.45, 7) is 4.35. The van der Waals surface area contributed by atoms with Crippen LogP contribution >= 0.6 is 11.3 Å². The highest BCUT2D eigenvalue weighted by atomic mass is 32.1. The highest BCUT2D eigenvalue weighted by molar-refractivity contribution is 7.13. The topological polar surface area (TPSA) is 37.8 Å². The lowest BCUT2D eigenvalue weighted by atomic mass is 9.92. The van der Waals surface area contributed by atoms with E-state index >= 15 is 0 Å². The molecule has 1 aliphatic heterocycles. The molecule has 2 aromatic rings. The summed E-state index contributed by atoms with van der Waals surface area (Å²) in [5.74, 6) is 0.766. The fourth-order valence-electron chi connectivity index (χ4n) is 2.62. The van der Waals surface area contributed by atoms with Crippen LogP contribution in [0.4, 0.5) is 0 Å². The van der Waals surface area contributed by atoms with Crippen LogP contribution in [0.2, 0.25) is 0 Å². The van der Waals surface area contributed by atoms with Gasteiger partial charge in [-0.2, -0.15) is 0 Å². The van der Waals surface area contributed by atoms with E-state index in [-0.39, 0.29) is 0 Å². The first kappa shape index (κ1) is 12.8. The zero-order valence-electron chi connectivity index (χ0n) is 11.2. The molecule has 1 fully saturated rings. The summed E-state index contributed by atoms with van der Waals surface area (Å²) in [7, 11) is 0. The van der Waals surface area contributed by atoms with Gasteiger partial charge in [-0.1, -0.05) is 0 Å². The molecule has 1 N–H and O–H groups in total. The molecule has 0 aromatic carbocycles. The molecule has 0 spiro atoms. The number of aryl methyl sites for hydroxylation is 1. The number of thiazole rings is 1. The van der Waals surface area contributed by atoms with E-state index in [1.54, 1.807) is 11.3 Å². The average Bonchev–Trinajstić information content (AvgIpc) is 2.87. The monoisotopic (exact) mass is 273 g/mol. The van der Waals surface area contributed by atoms with Gasteiger partial charge < -0.3 is 5.32 Å². The third kappa shape index (κ3) is 3.19. The zero-order chi connectivity index (χ0) is 13.1. The number of hydrogen-bond acceptors (Lipinski definition) is 4. The maximum Gasteiger partial charge on any atom is 0.142 e. The van der Waals surface area contributed by atoms with Gasteiger partial charge in [0.2, 0.25) is 0 Å². The maximum atomic E-state index is 4.51. The summed E-state index contributed by atoms with van der Waals surface area (Å²) >= 11 is 1.67. The van der Waals surface area contributed by atoms with Crippen LogP contribution in [0.5, 0.6) is 0 Å². The van der Waals surface area contributed by atoms with E-state index in [1.807, 2.05) is 13.1 Å². The second-order valence-corrected chi connectivity index (χ2v) is 6.12. The maximum absolute atomic E-state index is 4.51. The van der Waals surface area contributed by atoms with Gasteiger partial charge in [0.15, 0.2) is 0 Å². The number of nitrogens with zero attached hydrogens (tertiary/aromatic N) is 2. The summed E-state index contributed by atoms with van der Waals surface area (Å²) in [6, 6.07) is 4.34. The molecule has 0 unspecified atom stereocenters. The second kappa shape index (κ2) is 5.80. The van der Waals surface area contributed by atoms with E-state index in [1.165, 1.54) is 24.9 Å². The Balaban J connectivity index is 1.75. The van der Waals surface area contributed by atoms with Crippen molar-refractivity contribution in [2.75, 3.05) is 13.1 Å².